The van der Waals surface area contributed by atoms with E-state index in [9.17, 15) is 4.79 Å². The van der Waals surface area contributed by atoms with Crippen molar-refractivity contribution in [3.05, 3.63) is 48.5 Å². The molecule has 1 amide bonds. The lowest BCUT2D eigenvalue weighted by atomic mass is 9.97. The molecule has 0 radical (unpaired) electrons. The van der Waals surface area contributed by atoms with Crippen molar-refractivity contribution in [2.75, 3.05) is 41.9 Å². The molecule has 0 fully saturated rings. The molecule has 0 unspecified atom stereocenters. The number of hydrogen-bond acceptors (Lipinski definition) is 5. The van der Waals surface area contributed by atoms with Gasteiger partial charge in [0.2, 0.25) is 0 Å². The second kappa shape index (κ2) is 9.55. The van der Waals surface area contributed by atoms with Crippen LogP contribution in [0.5, 0.6) is 11.5 Å². The Labute approximate surface area is 171 Å². The fraction of sp³-hybridized carbons (Fsp3) is 0.318. The highest BCUT2D eigenvalue weighted by molar-refractivity contribution is 8.13. The Morgan fingerprint density at radius 3 is 2.11 bits per heavy atom. The number of methoxy groups -OCH3 is 2. The number of carbonyl (C=O) groups excluding carboxylic acids is 1. The molecule has 0 N–H and O–H groups in total. The monoisotopic (exact) mass is 400 g/mol. The van der Waals surface area contributed by atoms with E-state index >= 15 is 0 Å². The third kappa shape index (κ3) is 4.81. The maximum Gasteiger partial charge on any atom is 0.285 e. The van der Waals surface area contributed by atoms with Gasteiger partial charge in [-0.15, -0.1) is 0 Å². The Bertz CT molecular complexity index is 865. The van der Waals surface area contributed by atoms with Crippen LogP contribution in [-0.2, 0) is 0 Å². The van der Waals surface area contributed by atoms with Crippen molar-refractivity contribution in [1.29, 1.82) is 0 Å². The van der Waals surface area contributed by atoms with Gasteiger partial charge in [-0.2, -0.15) is 0 Å². The van der Waals surface area contributed by atoms with Crippen LogP contribution in [0.25, 0.3) is 16.8 Å². The molecule has 0 atom stereocenters. The molecule has 5 nitrogen and oxygen atoms in total. The van der Waals surface area contributed by atoms with Gasteiger partial charge in [-0.3, -0.25) is 4.79 Å². The third-order valence-corrected chi connectivity index (χ3v) is 5.61. The molecule has 6 heteroatoms. The van der Waals surface area contributed by atoms with Crippen LogP contribution in [0.3, 0.4) is 0 Å². The SMILES string of the molecule is C=C(c1cc(OC)ccc1-c1ccc(OC)cc1SC(=O)N(C)C)N(C)CC. The summed E-state index contributed by atoms with van der Waals surface area (Å²) in [5.41, 5.74) is 3.79. The molecule has 2 aromatic carbocycles. The molecule has 2 rings (SSSR count). The standard InChI is InChI=1S/C22H28N2O3S/c1-8-24(5)15(2)20-13-16(26-6)9-11-18(20)19-12-10-17(27-7)14-21(19)28-22(25)23(3)4/h9-14H,2,8H2,1,3-7H3. The van der Waals surface area contributed by atoms with E-state index in [1.165, 1.54) is 11.8 Å². The Kier molecular flexibility index (Phi) is 7.40. The molecule has 0 saturated carbocycles. The maximum absolute atomic E-state index is 12.4. The second-order valence-corrected chi connectivity index (χ2v) is 7.49. The van der Waals surface area contributed by atoms with Gasteiger partial charge >= 0.3 is 0 Å². The first-order valence-electron chi connectivity index (χ1n) is 8.98. The molecule has 28 heavy (non-hydrogen) atoms. The van der Waals surface area contributed by atoms with Gasteiger partial charge in [-0.05, 0) is 66.2 Å². The van der Waals surface area contributed by atoms with Gasteiger partial charge in [0, 0.05) is 43.8 Å². The lowest BCUT2D eigenvalue weighted by Crippen LogP contribution is -2.16. The van der Waals surface area contributed by atoms with E-state index in [1.807, 2.05) is 43.4 Å². The van der Waals surface area contributed by atoms with Gasteiger partial charge < -0.3 is 19.3 Å². The van der Waals surface area contributed by atoms with Crippen LogP contribution >= 0.6 is 11.8 Å². The number of amides is 1. The first-order chi connectivity index (χ1) is 13.3. The summed E-state index contributed by atoms with van der Waals surface area (Å²) in [5.74, 6) is 1.47. The lowest BCUT2D eigenvalue weighted by Gasteiger charge is -2.23. The molecule has 0 spiro atoms. The fourth-order valence-electron chi connectivity index (χ4n) is 2.64. The quantitative estimate of drug-likeness (QED) is 0.607. The third-order valence-electron chi connectivity index (χ3n) is 4.51. The van der Waals surface area contributed by atoms with Crippen LogP contribution in [0.1, 0.15) is 12.5 Å². The summed E-state index contributed by atoms with van der Waals surface area (Å²) < 4.78 is 10.8. The lowest BCUT2D eigenvalue weighted by molar-refractivity contribution is 0.241. The highest BCUT2D eigenvalue weighted by Gasteiger charge is 2.18. The number of benzene rings is 2. The molecule has 2 aromatic rings. The van der Waals surface area contributed by atoms with Crippen LogP contribution in [0.2, 0.25) is 0 Å². The van der Waals surface area contributed by atoms with E-state index in [2.05, 4.69) is 18.4 Å². The van der Waals surface area contributed by atoms with Crippen molar-refractivity contribution in [3.8, 4) is 22.6 Å². The predicted octanol–water partition coefficient (Wildman–Crippen LogP) is 5.07. The molecule has 0 heterocycles. The largest absolute Gasteiger partial charge is 0.497 e. The number of thioether (sulfide) groups is 1. The first kappa shape index (κ1) is 21.7. The first-order valence-corrected chi connectivity index (χ1v) is 9.80. The molecule has 0 saturated heterocycles. The zero-order valence-corrected chi connectivity index (χ0v) is 18.2. The molecule has 0 aliphatic heterocycles. The van der Waals surface area contributed by atoms with Crippen molar-refractivity contribution in [3.63, 3.8) is 0 Å². The maximum atomic E-state index is 12.4. The molecule has 0 aromatic heterocycles. The number of ether oxygens (including phenoxy) is 2. The average molecular weight is 401 g/mol. The van der Waals surface area contributed by atoms with Crippen molar-refractivity contribution in [1.82, 2.24) is 9.80 Å². The van der Waals surface area contributed by atoms with Gasteiger partial charge in [-0.1, -0.05) is 6.58 Å². The summed E-state index contributed by atoms with van der Waals surface area (Å²) >= 11 is 1.18. The van der Waals surface area contributed by atoms with E-state index in [-0.39, 0.29) is 5.24 Å². The van der Waals surface area contributed by atoms with Crippen LogP contribution in [-0.4, -0.2) is 56.9 Å². The summed E-state index contributed by atoms with van der Waals surface area (Å²) in [6.45, 7) is 7.18. The Balaban J connectivity index is 2.66. The number of carbonyl (C=O) groups is 1. The minimum Gasteiger partial charge on any atom is -0.497 e. The Morgan fingerprint density at radius 1 is 1.00 bits per heavy atom. The minimum atomic E-state index is -0.0472. The smallest absolute Gasteiger partial charge is 0.285 e. The molecule has 0 bridgehead atoms. The summed E-state index contributed by atoms with van der Waals surface area (Å²) in [5, 5.41) is -0.0472. The average Bonchev–Trinajstić information content (AvgIpc) is 2.71. The van der Waals surface area contributed by atoms with Crippen LogP contribution in [0.4, 0.5) is 4.79 Å². The zero-order chi connectivity index (χ0) is 20.8. The Morgan fingerprint density at radius 2 is 1.57 bits per heavy atom. The normalized spacial score (nSPS) is 10.4. The predicted molar refractivity (Wildman–Crippen MR) is 117 cm³/mol. The van der Waals surface area contributed by atoms with E-state index in [0.29, 0.717) is 5.75 Å². The summed E-state index contributed by atoms with van der Waals surface area (Å²) in [7, 11) is 8.76. The van der Waals surface area contributed by atoms with Crippen LogP contribution in [0, 0.1) is 0 Å². The van der Waals surface area contributed by atoms with E-state index in [4.69, 9.17) is 9.47 Å². The minimum absolute atomic E-state index is 0.0472. The highest BCUT2D eigenvalue weighted by Crippen LogP contribution is 2.40. The van der Waals surface area contributed by atoms with Crippen LogP contribution in [0.15, 0.2) is 47.9 Å². The highest BCUT2D eigenvalue weighted by atomic mass is 32.2. The van der Waals surface area contributed by atoms with Gasteiger partial charge in [-0.25, -0.2) is 0 Å². The van der Waals surface area contributed by atoms with Crippen molar-refractivity contribution in [2.45, 2.75) is 11.8 Å². The molecule has 0 aliphatic rings. The molecular formula is C22H28N2O3S. The fourth-order valence-corrected chi connectivity index (χ4v) is 3.48. The second-order valence-electron chi connectivity index (χ2n) is 6.50. The molecular weight excluding hydrogens is 372 g/mol. The zero-order valence-electron chi connectivity index (χ0n) is 17.4. The number of hydrogen-bond donors (Lipinski definition) is 0. The summed E-state index contributed by atoms with van der Waals surface area (Å²) in [4.78, 5) is 16.8. The number of rotatable bonds is 7. The van der Waals surface area contributed by atoms with Gasteiger partial charge in [0.25, 0.3) is 5.24 Å². The van der Waals surface area contributed by atoms with Gasteiger partial charge in [0.05, 0.1) is 14.2 Å². The molecule has 150 valence electrons. The Hall–Kier alpha value is -2.60. The van der Waals surface area contributed by atoms with Crippen molar-refractivity contribution < 1.29 is 14.3 Å². The van der Waals surface area contributed by atoms with E-state index in [0.717, 1.165) is 39.6 Å². The van der Waals surface area contributed by atoms with Gasteiger partial charge in [0.1, 0.15) is 11.5 Å². The van der Waals surface area contributed by atoms with Crippen molar-refractivity contribution in [2.24, 2.45) is 0 Å². The molecule has 0 aliphatic carbocycles. The van der Waals surface area contributed by atoms with Crippen LogP contribution < -0.4 is 9.47 Å². The van der Waals surface area contributed by atoms with E-state index in [1.54, 1.807) is 33.2 Å². The summed E-state index contributed by atoms with van der Waals surface area (Å²) in [6.07, 6.45) is 0. The topological polar surface area (TPSA) is 42.0 Å². The summed E-state index contributed by atoms with van der Waals surface area (Å²) in [6, 6.07) is 11.7. The van der Waals surface area contributed by atoms with Gasteiger partial charge in [0.15, 0.2) is 0 Å². The van der Waals surface area contributed by atoms with E-state index < -0.39 is 0 Å². The van der Waals surface area contributed by atoms with Crippen molar-refractivity contribution >= 4 is 22.7 Å². The number of nitrogens with zero attached hydrogens (tertiary/aromatic N) is 2.